The number of benzene rings is 2. The fourth-order valence-corrected chi connectivity index (χ4v) is 13.5. The quantitative estimate of drug-likeness (QED) is 0.112. The van der Waals surface area contributed by atoms with Gasteiger partial charge in [0.1, 0.15) is 26.4 Å². The molecule has 0 unspecified atom stereocenters. The van der Waals surface area contributed by atoms with Crippen LogP contribution < -0.4 is 5.32 Å². The first-order valence-corrected chi connectivity index (χ1v) is 28.3. The average molecular weight is 1180 g/mol. The van der Waals surface area contributed by atoms with Crippen LogP contribution in [0.5, 0.6) is 0 Å². The zero-order valence-electron chi connectivity index (χ0n) is 45.9. The third-order valence-electron chi connectivity index (χ3n) is 18.6. The van der Waals surface area contributed by atoms with E-state index < -0.39 is 54.0 Å². The van der Waals surface area contributed by atoms with Crippen molar-refractivity contribution in [3.05, 3.63) is 104 Å². The third kappa shape index (κ3) is 12.6. The molecule has 6 heterocycles. The maximum Gasteiger partial charge on any atom is 0.416 e. The van der Waals surface area contributed by atoms with E-state index in [1.807, 2.05) is 0 Å². The van der Waals surface area contributed by atoms with Crippen LogP contribution in [0.1, 0.15) is 165 Å². The monoisotopic (exact) mass is 1180 g/mol. The number of aliphatic hydroxyl groups is 2. The first-order valence-electron chi connectivity index (χ1n) is 28.3. The zero-order valence-corrected chi connectivity index (χ0v) is 46.8. The number of carboxylic acids is 1. The summed E-state index contributed by atoms with van der Waals surface area (Å²) in [5.74, 6) is -0.0905. The Morgan fingerprint density at radius 2 is 1.01 bits per heavy atom. The number of piperidine rings is 4. The first kappa shape index (κ1) is 60.9. The van der Waals surface area contributed by atoms with Gasteiger partial charge in [-0.25, -0.2) is 13.6 Å². The fourth-order valence-electron chi connectivity index (χ4n) is 13.5. The normalized spacial score (nSPS) is 23.4. The molecule has 82 heavy (non-hydrogen) atoms. The highest BCUT2D eigenvalue weighted by molar-refractivity contribution is 5.95. The molecule has 4 aliphatic heterocycles. The van der Waals surface area contributed by atoms with Gasteiger partial charge in [-0.15, -0.1) is 12.4 Å². The van der Waals surface area contributed by atoms with Crippen molar-refractivity contribution in [2.75, 3.05) is 65.7 Å². The summed E-state index contributed by atoms with van der Waals surface area (Å²) >= 11 is 0. The van der Waals surface area contributed by atoms with Gasteiger partial charge in [0, 0.05) is 61.8 Å². The minimum absolute atomic E-state index is 0. The van der Waals surface area contributed by atoms with Crippen LogP contribution in [0.2, 0.25) is 0 Å². The van der Waals surface area contributed by atoms with Gasteiger partial charge >= 0.3 is 18.3 Å². The average Bonchev–Trinajstić information content (AvgIpc) is 4.30. The number of nitrogens with one attached hydrogen (secondary N) is 1. The molecule has 4 saturated heterocycles. The molecule has 4 aliphatic carbocycles. The molecule has 12 rings (SSSR count). The van der Waals surface area contributed by atoms with E-state index in [1.54, 1.807) is 36.2 Å². The molecule has 6 fully saturated rings. The summed E-state index contributed by atoms with van der Waals surface area (Å²) in [6, 6.07) is 8.62. The number of carboxylic acid groups (broad SMARTS) is 1. The van der Waals surface area contributed by atoms with Gasteiger partial charge in [0.25, 0.3) is 5.91 Å². The highest BCUT2D eigenvalue weighted by Gasteiger charge is 2.52. The van der Waals surface area contributed by atoms with Gasteiger partial charge in [0.15, 0.2) is 11.4 Å². The number of amides is 3. The number of hydrogen-bond acceptors (Lipinski definition) is 9. The third-order valence-corrected chi connectivity index (χ3v) is 18.6. The van der Waals surface area contributed by atoms with Crippen LogP contribution in [-0.2, 0) is 47.9 Å². The SMILES string of the molecule is Cc1c(C2CCN(C(=O)Cn3nc(C(=O)N4CCC(O)(CF)CC4)c4c3C[C@H]3C[C@@H]43)CC2)cccc1C(F)(F)F.Cc1c(C2CCN(C(=O)Cn3nc(C(=O)O)c4c3C[C@H]3C[C@@H]43)CC2)cccc1C(F)(F)F.Cl.OC1(CF)CCNCC1. The van der Waals surface area contributed by atoms with Crippen molar-refractivity contribution in [3.63, 3.8) is 0 Å². The lowest BCUT2D eigenvalue weighted by atomic mass is 9.85. The Morgan fingerprint density at radius 3 is 1.40 bits per heavy atom. The molecule has 3 amide bonds. The molecular weight excluding hydrogens is 1110 g/mol. The van der Waals surface area contributed by atoms with Crippen LogP contribution in [0.15, 0.2) is 36.4 Å². The highest BCUT2D eigenvalue weighted by Crippen LogP contribution is 2.58. The number of fused-ring (bicyclic) bond motifs is 6. The molecule has 0 spiro atoms. The summed E-state index contributed by atoms with van der Waals surface area (Å²) < 4.78 is 108. The maximum atomic E-state index is 13.4. The van der Waals surface area contributed by atoms with Gasteiger partial charge in [-0.3, -0.25) is 23.7 Å². The maximum absolute atomic E-state index is 13.4. The van der Waals surface area contributed by atoms with Crippen molar-refractivity contribution in [2.24, 2.45) is 11.8 Å². The van der Waals surface area contributed by atoms with Crippen molar-refractivity contribution < 1.29 is 69.6 Å². The molecule has 4 aromatic rings. The summed E-state index contributed by atoms with van der Waals surface area (Å²) in [6.07, 6.45) is -1.42. The summed E-state index contributed by atoms with van der Waals surface area (Å²) in [5, 5.41) is 40.8. The Bertz CT molecular complexity index is 3030. The second-order valence-corrected chi connectivity index (χ2v) is 23.8. The molecule has 2 aromatic heterocycles. The molecule has 15 nitrogen and oxygen atoms in total. The summed E-state index contributed by atoms with van der Waals surface area (Å²) in [5.41, 5.74) is 2.29. The number of carbonyl (C=O) groups is 4. The van der Waals surface area contributed by atoms with Crippen LogP contribution >= 0.6 is 12.4 Å². The second kappa shape index (κ2) is 23.8. The minimum Gasteiger partial charge on any atom is -0.476 e. The van der Waals surface area contributed by atoms with E-state index in [0.29, 0.717) is 93.4 Å². The van der Waals surface area contributed by atoms with Gasteiger partial charge in [0.05, 0.1) is 22.3 Å². The number of nitrogens with zero attached hydrogens (tertiary/aromatic N) is 7. The molecular formula is C58H71ClF8N8O7. The Morgan fingerprint density at radius 1 is 0.610 bits per heavy atom. The van der Waals surface area contributed by atoms with Crippen LogP contribution in [0.25, 0.3) is 0 Å². The van der Waals surface area contributed by atoms with E-state index in [1.165, 1.54) is 26.0 Å². The number of alkyl halides is 8. The predicted octanol–water partition coefficient (Wildman–Crippen LogP) is 8.68. The van der Waals surface area contributed by atoms with Crippen molar-refractivity contribution in [3.8, 4) is 0 Å². The number of rotatable bonds is 10. The number of hydrogen-bond donors (Lipinski definition) is 4. The summed E-state index contributed by atoms with van der Waals surface area (Å²) in [7, 11) is 0. The number of aromatic carboxylic acids is 1. The molecule has 448 valence electrons. The van der Waals surface area contributed by atoms with Gasteiger partial charge in [-0.05, 0) is 174 Å². The van der Waals surface area contributed by atoms with Gasteiger partial charge in [-0.2, -0.15) is 36.5 Å². The van der Waals surface area contributed by atoms with Crippen molar-refractivity contribution in [1.29, 1.82) is 0 Å². The first-order chi connectivity index (χ1) is 38.4. The standard InChI is InChI=1S/C29H34F4N4O3.C23H24F3N3O3.C6H12FNO.ClH/c1-17-20(3-2-4-22(17)29(31,32)33)18-5-9-35(10-6-18)24(38)15-37-23-14-19-13-21(19)25(23)26(34-37)27(39)36-11-7-28(40,16-30)8-12-36;1-12-15(3-2-4-17(12)23(24,25)26)13-5-7-28(8-6-13)19(30)11-29-18-10-14-9-16(14)20(18)21(27-29)22(31)32;7-5-6(9)1-3-8-4-2-6;/h2-4,18-19,21,40H,5-16H2,1H3;2-4,13-14,16H,5-11H2,1H3,(H,31,32);8-9H,1-5H2;1H/t19-,21-;14-,16-;;/m11../s1. The lowest BCUT2D eigenvalue weighted by Crippen LogP contribution is -2.48. The molecule has 2 saturated carbocycles. The second-order valence-electron chi connectivity index (χ2n) is 23.8. The van der Waals surface area contributed by atoms with Crippen LogP contribution in [0.3, 0.4) is 0 Å². The smallest absolute Gasteiger partial charge is 0.416 e. The van der Waals surface area contributed by atoms with Crippen LogP contribution in [-0.4, -0.2) is 150 Å². The van der Waals surface area contributed by atoms with Crippen LogP contribution in [0.4, 0.5) is 35.1 Å². The summed E-state index contributed by atoms with van der Waals surface area (Å²) in [6.45, 7) is 5.42. The molecule has 0 bridgehead atoms. The summed E-state index contributed by atoms with van der Waals surface area (Å²) in [4.78, 5) is 56.3. The van der Waals surface area contributed by atoms with Crippen molar-refractivity contribution in [1.82, 2.24) is 39.6 Å². The fraction of sp³-hybridized carbons (Fsp3) is 0.621. The molecule has 4 N–H and O–H groups in total. The lowest BCUT2D eigenvalue weighted by molar-refractivity contribution is -0.139. The Labute approximate surface area is 476 Å². The number of halogens is 9. The highest BCUT2D eigenvalue weighted by atomic mass is 35.5. The van der Waals surface area contributed by atoms with E-state index in [2.05, 4.69) is 15.5 Å². The Balaban J connectivity index is 0.000000172. The predicted molar refractivity (Wildman–Crippen MR) is 286 cm³/mol. The molecule has 24 heteroatoms. The van der Waals surface area contributed by atoms with Gasteiger partial charge < -0.3 is 35.3 Å². The minimum atomic E-state index is -4.40. The number of aromatic nitrogens is 4. The van der Waals surface area contributed by atoms with Crippen molar-refractivity contribution >= 4 is 36.1 Å². The number of likely N-dealkylation sites (tertiary alicyclic amines) is 3. The van der Waals surface area contributed by atoms with Gasteiger partial charge in [-0.1, -0.05) is 24.3 Å². The largest absolute Gasteiger partial charge is 0.476 e. The topological polar surface area (TPSA) is 186 Å². The van der Waals surface area contributed by atoms with Gasteiger partial charge in [0.2, 0.25) is 11.8 Å². The molecule has 0 radical (unpaired) electrons. The molecule has 2 aromatic carbocycles. The molecule has 4 atom stereocenters. The van der Waals surface area contributed by atoms with E-state index in [0.717, 1.165) is 73.4 Å². The zero-order chi connectivity index (χ0) is 57.9. The van der Waals surface area contributed by atoms with E-state index in [9.17, 15) is 69.6 Å². The van der Waals surface area contributed by atoms with E-state index >= 15 is 0 Å². The lowest BCUT2D eigenvalue weighted by Gasteiger charge is -2.36. The number of carbonyl (C=O) groups excluding carboxylic acids is 3. The Kier molecular flexibility index (Phi) is 17.7. The van der Waals surface area contributed by atoms with E-state index in [-0.39, 0.29) is 110 Å². The van der Waals surface area contributed by atoms with Crippen molar-refractivity contribution in [2.45, 2.75) is 151 Å². The Hall–Kier alpha value is -5.65. The molecule has 8 aliphatic rings. The van der Waals surface area contributed by atoms with Crippen LogP contribution in [0, 0.1) is 25.7 Å². The van der Waals surface area contributed by atoms with E-state index in [4.69, 9.17) is 0 Å².